The van der Waals surface area contributed by atoms with Crippen LogP contribution >= 0.6 is 0 Å². The Morgan fingerprint density at radius 2 is 1.45 bits per heavy atom. The summed E-state index contributed by atoms with van der Waals surface area (Å²) >= 11 is 0. The number of hydrogen-bond acceptors (Lipinski definition) is 5. The zero-order chi connectivity index (χ0) is 27.0. The molecule has 0 radical (unpaired) electrons. The van der Waals surface area contributed by atoms with E-state index in [9.17, 15) is 14.0 Å². The van der Waals surface area contributed by atoms with Crippen LogP contribution in [-0.2, 0) is 4.79 Å². The van der Waals surface area contributed by atoms with E-state index in [4.69, 9.17) is 9.47 Å². The summed E-state index contributed by atoms with van der Waals surface area (Å²) in [5, 5.41) is 0. The van der Waals surface area contributed by atoms with Crippen molar-refractivity contribution in [2.45, 2.75) is 12.0 Å². The second kappa shape index (κ2) is 10.3. The minimum absolute atomic E-state index is 0.237. The number of fused-ring (bicyclic) bond motifs is 1. The van der Waals surface area contributed by atoms with Crippen LogP contribution in [0.3, 0.4) is 0 Å². The lowest BCUT2D eigenvalue weighted by Gasteiger charge is -2.43. The van der Waals surface area contributed by atoms with Gasteiger partial charge in [0, 0.05) is 44.4 Å². The number of ether oxygens (including phenoxy) is 2. The van der Waals surface area contributed by atoms with E-state index in [0.717, 1.165) is 0 Å². The molecule has 38 heavy (non-hydrogen) atoms. The number of carbonyl (C=O) groups excluding carboxylic acids is 2. The maximum absolute atomic E-state index is 15.1. The van der Waals surface area contributed by atoms with Gasteiger partial charge in [-0.2, -0.15) is 0 Å². The van der Waals surface area contributed by atoms with E-state index >= 15 is 4.39 Å². The Kier molecular flexibility index (Phi) is 6.93. The van der Waals surface area contributed by atoms with Gasteiger partial charge in [-0.15, -0.1) is 0 Å². The average molecular weight is 522 g/mol. The van der Waals surface area contributed by atoms with Crippen molar-refractivity contribution in [3.8, 4) is 11.5 Å². The van der Waals surface area contributed by atoms with E-state index in [-0.39, 0.29) is 23.2 Å². The first-order valence-electron chi connectivity index (χ1n) is 12.4. The highest BCUT2D eigenvalue weighted by atomic mass is 19.1. The van der Waals surface area contributed by atoms with Crippen molar-refractivity contribution in [1.29, 1.82) is 0 Å². The van der Waals surface area contributed by atoms with Crippen molar-refractivity contribution in [1.82, 2.24) is 9.80 Å². The average Bonchev–Trinajstić information content (AvgIpc) is 2.94. The Bertz CT molecular complexity index is 1370. The number of piperazine rings is 1. The molecule has 0 saturated carbocycles. The van der Waals surface area contributed by atoms with Crippen LogP contribution in [0.5, 0.6) is 11.5 Å². The van der Waals surface area contributed by atoms with E-state index in [1.54, 1.807) is 60.5 Å². The summed E-state index contributed by atoms with van der Waals surface area (Å²) in [5.74, 6) is -1.54. The fourth-order valence-corrected chi connectivity index (χ4v) is 5.49. The molecule has 5 rings (SSSR count). The molecular formula is C29H29F2N3O4. The monoisotopic (exact) mass is 521 g/mol. The maximum Gasteiger partial charge on any atom is 0.254 e. The van der Waals surface area contributed by atoms with Crippen LogP contribution in [0.1, 0.15) is 33.4 Å². The molecule has 0 aliphatic carbocycles. The predicted molar refractivity (Wildman–Crippen MR) is 139 cm³/mol. The van der Waals surface area contributed by atoms with Crippen molar-refractivity contribution >= 4 is 17.5 Å². The van der Waals surface area contributed by atoms with Gasteiger partial charge < -0.3 is 24.2 Å². The summed E-state index contributed by atoms with van der Waals surface area (Å²) in [4.78, 5) is 32.8. The van der Waals surface area contributed by atoms with Gasteiger partial charge in [-0.3, -0.25) is 9.59 Å². The van der Waals surface area contributed by atoms with Gasteiger partial charge >= 0.3 is 0 Å². The van der Waals surface area contributed by atoms with Crippen molar-refractivity contribution in [2.24, 2.45) is 0 Å². The molecule has 0 N–H and O–H groups in total. The second-order valence-electron chi connectivity index (χ2n) is 9.42. The summed E-state index contributed by atoms with van der Waals surface area (Å²) in [6, 6.07) is 15.1. The maximum atomic E-state index is 15.1. The molecule has 2 atom stereocenters. The quantitative estimate of drug-likeness (QED) is 0.503. The van der Waals surface area contributed by atoms with Crippen LogP contribution in [0.4, 0.5) is 14.5 Å². The molecule has 198 valence electrons. The first-order chi connectivity index (χ1) is 18.3. The van der Waals surface area contributed by atoms with Gasteiger partial charge in [-0.1, -0.05) is 30.3 Å². The molecule has 1 saturated heterocycles. The smallest absolute Gasteiger partial charge is 0.254 e. The standard InChI is InChI=1S/C29H29F2N3O4/c1-32-27(18-8-4-5-9-21(18)30)26(19-16-24(37-2)25(38-3)17-20(19)28(32)35)29(36)34-14-12-33(13-15-34)23-11-7-6-10-22(23)31/h4-11,16-17,26-27H,12-15H2,1-3H3/t26-,27-/m0/s1. The number of hydrogen-bond donors (Lipinski definition) is 0. The van der Waals surface area contributed by atoms with Crippen molar-refractivity contribution in [3.05, 3.63) is 89.0 Å². The largest absolute Gasteiger partial charge is 0.493 e. The van der Waals surface area contributed by atoms with Crippen LogP contribution in [-0.4, -0.2) is 69.1 Å². The molecule has 2 heterocycles. The molecule has 2 aliphatic rings. The molecule has 2 aliphatic heterocycles. The van der Waals surface area contributed by atoms with E-state index in [1.807, 2.05) is 4.90 Å². The molecule has 9 heteroatoms. The number of likely N-dealkylation sites (N-methyl/N-ethyl adjacent to an activating group) is 1. The highest BCUT2D eigenvalue weighted by Crippen LogP contribution is 2.46. The van der Waals surface area contributed by atoms with Crippen molar-refractivity contribution in [2.75, 3.05) is 52.3 Å². The zero-order valence-corrected chi connectivity index (χ0v) is 21.5. The highest BCUT2D eigenvalue weighted by molar-refractivity contribution is 6.02. The Morgan fingerprint density at radius 3 is 2.08 bits per heavy atom. The van der Waals surface area contributed by atoms with E-state index in [1.165, 1.54) is 31.3 Å². The number of rotatable bonds is 5. The van der Waals surface area contributed by atoms with E-state index in [2.05, 4.69) is 0 Å². The third-order valence-corrected chi connectivity index (χ3v) is 7.45. The minimum atomic E-state index is -0.885. The lowest BCUT2D eigenvalue weighted by molar-refractivity contribution is -0.134. The van der Waals surface area contributed by atoms with Crippen LogP contribution in [0, 0.1) is 11.6 Å². The second-order valence-corrected chi connectivity index (χ2v) is 9.42. The van der Waals surface area contributed by atoms with Gasteiger partial charge in [0.2, 0.25) is 5.91 Å². The van der Waals surface area contributed by atoms with Gasteiger partial charge in [0.15, 0.2) is 11.5 Å². The number of methoxy groups -OCH3 is 2. The number of benzene rings is 3. The third kappa shape index (κ3) is 4.31. The molecule has 7 nitrogen and oxygen atoms in total. The molecule has 0 unspecified atom stereocenters. The summed E-state index contributed by atoms with van der Waals surface area (Å²) in [7, 11) is 4.53. The number of para-hydroxylation sites is 1. The normalized spacial score (nSPS) is 19.3. The van der Waals surface area contributed by atoms with Gasteiger partial charge in [-0.25, -0.2) is 8.78 Å². The first kappa shape index (κ1) is 25.5. The fourth-order valence-electron chi connectivity index (χ4n) is 5.49. The third-order valence-electron chi connectivity index (χ3n) is 7.45. The Hall–Kier alpha value is -4.14. The van der Waals surface area contributed by atoms with Gasteiger partial charge in [-0.05, 0) is 35.9 Å². The molecule has 0 bridgehead atoms. The molecule has 3 aromatic rings. The number of nitrogens with zero attached hydrogens (tertiary/aromatic N) is 3. The van der Waals surface area contributed by atoms with Crippen LogP contribution in [0.15, 0.2) is 60.7 Å². The van der Waals surface area contributed by atoms with Crippen LogP contribution in [0.25, 0.3) is 0 Å². The van der Waals surface area contributed by atoms with E-state index in [0.29, 0.717) is 54.5 Å². The van der Waals surface area contributed by atoms with Gasteiger partial charge in [0.25, 0.3) is 5.91 Å². The molecular weight excluding hydrogens is 492 g/mol. The molecule has 1 fully saturated rings. The number of halogens is 2. The minimum Gasteiger partial charge on any atom is -0.493 e. The topological polar surface area (TPSA) is 62.3 Å². The summed E-state index contributed by atoms with van der Waals surface area (Å²) in [5.41, 5.74) is 1.52. The number of carbonyl (C=O) groups is 2. The lowest BCUT2D eigenvalue weighted by atomic mass is 9.78. The molecule has 3 aromatic carbocycles. The predicted octanol–water partition coefficient (Wildman–Crippen LogP) is 4.24. The lowest BCUT2D eigenvalue weighted by Crippen LogP contribution is -2.53. The van der Waals surface area contributed by atoms with Gasteiger partial charge in [0.05, 0.1) is 31.9 Å². The first-order valence-corrected chi connectivity index (χ1v) is 12.4. The zero-order valence-electron chi connectivity index (χ0n) is 21.5. The SMILES string of the molecule is COc1cc2c(cc1OC)[C@H](C(=O)N1CCN(c3ccccc3F)CC1)[C@H](c1ccccc1F)N(C)C2=O. The van der Waals surface area contributed by atoms with Crippen molar-refractivity contribution in [3.63, 3.8) is 0 Å². The molecule has 2 amide bonds. The Balaban J connectivity index is 1.55. The summed E-state index contributed by atoms with van der Waals surface area (Å²) < 4.78 is 40.4. The van der Waals surface area contributed by atoms with Crippen LogP contribution < -0.4 is 14.4 Å². The number of amides is 2. The summed E-state index contributed by atoms with van der Waals surface area (Å²) in [6.07, 6.45) is 0. The van der Waals surface area contributed by atoms with Crippen molar-refractivity contribution < 1.29 is 27.8 Å². The highest BCUT2D eigenvalue weighted by Gasteiger charge is 2.46. The molecule has 0 spiro atoms. The summed E-state index contributed by atoms with van der Waals surface area (Å²) in [6.45, 7) is 1.59. The Morgan fingerprint density at radius 1 is 0.842 bits per heavy atom. The van der Waals surface area contributed by atoms with Crippen LogP contribution in [0.2, 0.25) is 0 Å². The fraction of sp³-hybridized carbons (Fsp3) is 0.310. The number of anilines is 1. The molecule has 0 aromatic heterocycles. The van der Waals surface area contributed by atoms with E-state index < -0.39 is 17.8 Å². The Labute approximate surface area is 220 Å². The van der Waals surface area contributed by atoms with Gasteiger partial charge in [0.1, 0.15) is 11.6 Å².